The van der Waals surface area contributed by atoms with Crippen molar-refractivity contribution in [1.82, 2.24) is 0 Å². The van der Waals surface area contributed by atoms with Gasteiger partial charge in [0.05, 0.1) is 11.3 Å². The summed E-state index contributed by atoms with van der Waals surface area (Å²) in [5.41, 5.74) is 3.41. The lowest BCUT2D eigenvalue weighted by Gasteiger charge is -2.10. The number of hydrogen-bond acceptors (Lipinski definition) is 6. The van der Waals surface area contributed by atoms with Crippen LogP contribution in [0.1, 0.15) is 29.5 Å². The quantitative estimate of drug-likeness (QED) is 0.264. The van der Waals surface area contributed by atoms with E-state index in [-0.39, 0.29) is 31.0 Å². The molecule has 0 saturated heterocycles. The van der Waals surface area contributed by atoms with E-state index in [0.29, 0.717) is 17.1 Å². The number of nitrogens with zero attached hydrogens (tertiary/aromatic N) is 1. The molecule has 0 bridgehead atoms. The lowest BCUT2D eigenvalue weighted by atomic mass is 10.1. The second-order valence-corrected chi connectivity index (χ2v) is 7.53. The molecule has 0 aliphatic heterocycles. The predicted octanol–water partition coefficient (Wildman–Crippen LogP) is 5.47. The van der Waals surface area contributed by atoms with E-state index in [2.05, 4.69) is 5.32 Å². The van der Waals surface area contributed by atoms with E-state index in [1.54, 1.807) is 24.3 Å². The minimum absolute atomic E-state index is 0.0225. The van der Waals surface area contributed by atoms with E-state index < -0.39 is 10.9 Å². The Balaban J connectivity index is 1.46. The molecule has 0 aliphatic carbocycles. The molecule has 8 heteroatoms. The Morgan fingerprint density at radius 3 is 2.42 bits per heavy atom. The third kappa shape index (κ3) is 7.17. The average Bonchev–Trinajstić information content (AvgIpc) is 2.79. The molecule has 3 aromatic rings. The van der Waals surface area contributed by atoms with Gasteiger partial charge in [-0.2, -0.15) is 0 Å². The van der Waals surface area contributed by atoms with Crippen LogP contribution in [0.3, 0.4) is 0 Å². The van der Waals surface area contributed by atoms with Gasteiger partial charge in [-0.3, -0.25) is 19.7 Å². The average molecular weight is 448 g/mol. The molecular weight excluding hydrogens is 424 g/mol. The number of amides is 1. The SMILES string of the molecule is Cc1ccc(C)c(NC(=O)CCC(=O)OCc2cccc(Oc3ccc([N+](=O)[O-])cc3)c2)c1. The Bertz CT molecular complexity index is 1160. The number of esters is 1. The number of benzene rings is 3. The van der Waals surface area contributed by atoms with E-state index in [9.17, 15) is 19.7 Å². The van der Waals surface area contributed by atoms with Crippen molar-refractivity contribution in [3.63, 3.8) is 0 Å². The summed E-state index contributed by atoms with van der Waals surface area (Å²) in [6, 6.07) is 18.5. The van der Waals surface area contributed by atoms with E-state index in [1.807, 2.05) is 32.0 Å². The van der Waals surface area contributed by atoms with Crippen molar-refractivity contribution in [3.8, 4) is 11.5 Å². The van der Waals surface area contributed by atoms with Crippen LogP contribution in [0.5, 0.6) is 11.5 Å². The van der Waals surface area contributed by atoms with E-state index in [4.69, 9.17) is 9.47 Å². The summed E-state index contributed by atoms with van der Waals surface area (Å²) in [5.74, 6) is 0.224. The van der Waals surface area contributed by atoms with Crippen LogP contribution in [0.15, 0.2) is 66.7 Å². The zero-order valence-corrected chi connectivity index (χ0v) is 18.4. The number of aryl methyl sites for hydroxylation is 2. The second-order valence-electron chi connectivity index (χ2n) is 7.53. The van der Waals surface area contributed by atoms with Gasteiger partial charge in [-0.05, 0) is 60.9 Å². The third-order valence-corrected chi connectivity index (χ3v) is 4.80. The number of carbonyl (C=O) groups is 2. The Morgan fingerprint density at radius 1 is 0.939 bits per heavy atom. The molecule has 8 nitrogen and oxygen atoms in total. The van der Waals surface area contributed by atoms with Crippen LogP contribution in [0.2, 0.25) is 0 Å². The molecule has 170 valence electrons. The molecule has 0 radical (unpaired) electrons. The zero-order chi connectivity index (χ0) is 23.8. The summed E-state index contributed by atoms with van der Waals surface area (Å²) in [5, 5.41) is 13.6. The molecule has 0 atom stereocenters. The molecule has 0 unspecified atom stereocenters. The van der Waals surface area contributed by atoms with Crippen molar-refractivity contribution < 1.29 is 24.0 Å². The lowest BCUT2D eigenvalue weighted by molar-refractivity contribution is -0.384. The molecule has 1 amide bonds. The largest absolute Gasteiger partial charge is 0.461 e. The van der Waals surface area contributed by atoms with Crippen molar-refractivity contribution in [2.45, 2.75) is 33.3 Å². The van der Waals surface area contributed by atoms with Gasteiger partial charge in [0.2, 0.25) is 5.91 Å². The van der Waals surface area contributed by atoms with Crippen molar-refractivity contribution >= 4 is 23.3 Å². The van der Waals surface area contributed by atoms with Crippen LogP contribution in [0.25, 0.3) is 0 Å². The second kappa shape index (κ2) is 10.9. The van der Waals surface area contributed by atoms with Crippen LogP contribution in [0.4, 0.5) is 11.4 Å². The fourth-order valence-corrected chi connectivity index (χ4v) is 3.01. The lowest BCUT2D eigenvalue weighted by Crippen LogP contribution is -2.15. The highest BCUT2D eigenvalue weighted by Crippen LogP contribution is 2.25. The molecule has 0 saturated carbocycles. The summed E-state index contributed by atoms with van der Waals surface area (Å²) in [7, 11) is 0. The first-order valence-electron chi connectivity index (χ1n) is 10.3. The molecule has 0 aliphatic rings. The standard InChI is InChI=1S/C25H24N2O6/c1-17-6-7-18(2)23(14-17)26-24(28)12-13-25(29)32-16-19-4-3-5-22(15-19)33-21-10-8-20(9-11-21)27(30)31/h3-11,14-15H,12-13,16H2,1-2H3,(H,26,28). The summed E-state index contributed by atoms with van der Waals surface area (Å²) < 4.78 is 11.0. The van der Waals surface area contributed by atoms with Crippen LogP contribution in [-0.2, 0) is 20.9 Å². The van der Waals surface area contributed by atoms with Crippen LogP contribution in [-0.4, -0.2) is 16.8 Å². The van der Waals surface area contributed by atoms with Gasteiger partial charge in [0.25, 0.3) is 5.69 Å². The van der Waals surface area contributed by atoms with Gasteiger partial charge < -0.3 is 14.8 Å². The van der Waals surface area contributed by atoms with Gasteiger partial charge in [-0.1, -0.05) is 24.3 Å². The number of ether oxygens (including phenoxy) is 2. The monoisotopic (exact) mass is 448 g/mol. The minimum Gasteiger partial charge on any atom is -0.461 e. The smallest absolute Gasteiger partial charge is 0.306 e. The minimum atomic E-state index is -0.480. The summed E-state index contributed by atoms with van der Waals surface area (Å²) in [6.45, 7) is 3.89. The Kier molecular flexibility index (Phi) is 7.75. The Hall–Kier alpha value is -4.20. The summed E-state index contributed by atoms with van der Waals surface area (Å²) in [4.78, 5) is 34.5. The fourth-order valence-electron chi connectivity index (χ4n) is 3.01. The normalized spacial score (nSPS) is 10.4. The maximum atomic E-state index is 12.2. The number of nitro groups is 1. The van der Waals surface area contributed by atoms with Gasteiger partial charge in [-0.25, -0.2) is 0 Å². The predicted molar refractivity (Wildman–Crippen MR) is 123 cm³/mol. The third-order valence-electron chi connectivity index (χ3n) is 4.80. The van der Waals surface area contributed by atoms with Crippen molar-refractivity contribution in [1.29, 1.82) is 0 Å². The van der Waals surface area contributed by atoms with Gasteiger partial charge in [-0.15, -0.1) is 0 Å². The summed E-state index contributed by atoms with van der Waals surface area (Å²) >= 11 is 0. The molecule has 1 N–H and O–H groups in total. The maximum absolute atomic E-state index is 12.2. The maximum Gasteiger partial charge on any atom is 0.306 e. The van der Waals surface area contributed by atoms with Crippen LogP contribution in [0, 0.1) is 24.0 Å². The molecule has 3 rings (SSSR count). The molecule has 0 aromatic heterocycles. The van der Waals surface area contributed by atoms with Gasteiger partial charge in [0.15, 0.2) is 0 Å². The molecule has 0 spiro atoms. The number of rotatable bonds is 9. The van der Waals surface area contributed by atoms with Gasteiger partial charge in [0, 0.05) is 24.2 Å². The van der Waals surface area contributed by atoms with Crippen molar-refractivity contribution in [2.24, 2.45) is 0 Å². The van der Waals surface area contributed by atoms with E-state index >= 15 is 0 Å². The first kappa shape index (κ1) is 23.5. The highest BCUT2D eigenvalue weighted by molar-refractivity contribution is 5.93. The number of nitro benzene ring substituents is 1. The summed E-state index contributed by atoms with van der Waals surface area (Å²) in [6.07, 6.45) is -0.00874. The fraction of sp³-hybridized carbons (Fsp3) is 0.200. The van der Waals surface area contributed by atoms with Crippen molar-refractivity contribution in [3.05, 3.63) is 93.5 Å². The number of hydrogen-bond donors (Lipinski definition) is 1. The zero-order valence-electron chi connectivity index (χ0n) is 18.4. The molecule has 3 aromatic carbocycles. The Morgan fingerprint density at radius 2 is 1.70 bits per heavy atom. The highest BCUT2D eigenvalue weighted by atomic mass is 16.6. The number of anilines is 1. The van der Waals surface area contributed by atoms with E-state index in [0.717, 1.165) is 16.8 Å². The first-order chi connectivity index (χ1) is 15.8. The number of carbonyl (C=O) groups excluding carboxylic acids is 2. The van der Waals surface area contributed by atoms with E-state index in [1.165, 1.54) is 24.3 Å². The van der Waals surface area contributed by atoms with Gasteiger partial charge in [0.1, 0.15) is 18.1 Å². The molecule has 0 fully saturated rings. The number of non-ortho nitro benzene ring substituents is 1. The number of nitrogens with one attached hydrogen (secondary N) is 1. The first-order valence-corrected chi connectivity index (χ1v) is 10.3. The molecule has 0 heterocycles. The van der Waals surface area contributed by atoms with Gasteiger partial charge >= 0.3 is 5.97 Å². The van der Waals surface area contributed by atoms with Crippen LogP contribution >= 0.6 is 0 Å². The molecular formula is C25H24N2O6. The molecule has 33 heavy (non-hydrogen) atoms. The van der Waals surface area contributed by atoms with Crippen LogP contribution < -0.4 is 10.1 Å². The topological polar surface area (TPSA) is 108 Å². The van der Waals surface area contributed by atoms with Crippen molar-refractivity contribution in [2.75, 3.05) is 5.32 Å². The highest BCUT2D eigenvalue weighted by Gasteiger charge is 2.11. The Labute approximate surface area is 191 Å².